The van der Waals surface area contributed by atoms with E-state index in [0.717, 1.165) is 25.7 Å². The summed E-state index contributed by atoms with van der Waals surface area (Å²) in [5.41, 5.74) is 2.82. The van der Waals surface area contributed by atoms with Gasteiger partial charge < -0.3 is 4.90 Å². The highest BCUT2D eigenvalue weighted by atomic mass is 32.2. The second-order valence-corrected chi connectivity index (χ2v) is 9.36. The van der Waals surface area contributed by atoms with E-state index in [2.05, 4.69) is 29.0 Å². The normalized spacial score (nSPS) is 32.0. The Hall–Kier alpha value is -1.40. The molecule has 0 unspecified atom stereocenters. The number of carbonyl (C=O) groups excluding carboxylic acids is 1. The third-order valence-electron chi connectivity index (χ3n) is 5.88. The molecule has 1 heterocycles. The van der Waals surface area contributed by atoms with Gasteiger partial charge in [-0.25, -0.2) is 13.1 Å². The van der Waals surface area contributed by atoms with Crippen LogP contribution in [-0.2, 0) is 26.7 Å². The zero-order valence-electron chi connectivity index (χ0n) is 14.0. The van der Waals surface area contributed by atoms with Crippen molar-refractivity contribution in [2.75, 3.05) is 19.3 Å². The minimum atomic E-state index is -3.22. The molecular weight excluding hydrogens is 324 g/mol. The van der Waals surface area contributed by atoms with E-state index < -0.39 is 10.0 Å². The van der Waals surface area contributed by atoms with Crippen molar-refractivity contribution < 1.29 is 13.2 Å². The summed E-state index contributed by atoms with van der Waals surface area (Å²) in [4.78, 5) is 14.8. The second kappa shape index (κ2) is 5.56. The molecule has 2 aliphatic carbocycles. The number of likely N-dealkylation sites (tertiary alicyclic amines) is 1. The van der Waals surface area contributed by atoms with Crippen LogP contribution >= 0.6 is 0 Å². The van der Waals surface area contributed by atoms with Crippen LogP contribution in [0.3, 0.4) is 0 Å². The highest BCUT2D eigenvalue weighted by Gasteiger charge is 2.61. The topological polar surface area (TPSA) is 66.5 Å². The van der Waals surface area contributed by atoms with E-state index in [4.69, 9.17) is 0 Å². The Morgan fingerprint density at radius 1 is 1.33 bits per heavy atom. The lowest BCUT2D eigenvalue weighted by atomic mass is 9.78. The Kier molecular flexibility index (Phi) is 3.73. The van der Waals surface area contributed by atoms with Crippen molar-refractivity contribution in [3.05, 3.63) is 35.4 Å². The molecule has 0 bridgehead atoms. The lowest BCUT2D eigenvalue weighted by molar-refractivity contribution is -0.132. The molecule has 3 aliphatic rings. The summed E-state index contributed by atoms with van der Waals surface area (Å²) in [7, 11) is -3.22. The number of hydrogen-bond donors (Lipinski definition) is 1. The second-order valence-electron chi connectivity index (χ2n) is 7.58. The minimum absolute atomic E-state index is 0.0499. The molecule has 1 saturated carbocycles. The van der Waals surface area contributed by atoms with Gasteiger partial charge in [-0.15, -0.1) is 0 Å². The summed E-state index contributed by atoms with van der Waals surface area (Å²) in [6.07, 6.45) is 6.19. The fourth-order valence-corrected chi connectivity index (χ4v) is 5.53. The maximum Gasteiger partial charge on any atom is 0.226 e. The molecule has 0 radical (unpaired) electrons. The smallest absolute Gasteiger partial charge is 0.226 e. The first-order chi connectivity index (χ1) is 11.4. The molecule has 2 fully saturated rings. The van der Waals surface area contributed by atoms with Crippen LogP contribution in [-0.4, -0.2) is 44.6 Å². The van der Waals surface area contributed by atoms with Gasteiger partial charge in [-0.05, 0) is 43.2 Å². The van der Waals surface area contributed by atoms with Crippen LogP contribution in [0.4, 0.5) is 0 Å². The van der Waals surface area contributed by atoms with Crippen molar-refractivity contribution in [3.8, 4) is 0 Å². The first-order valence-corrected chi connectivity index (χ1v) is 10.6. The van der Waals surface area contributed by atoms with Crippen LogP contribution in [0.15, 0.2) is 24.3 Å². The molecule has 1 saturated heterocycles. The SMILES string of the molecule is CS(=O)(=O)N[C@@H]1CCN(C(=O)[C@H]2C[C@]23CCCc2ccccc23)C1. The van der Waals surface area contributed by atoms with Crippen molar-refractivity contribution in [1.82, 2.24) is 9.62 Å². The molecule has 1 N–H and O–H groups in total. The maximum atomic E-state index is 13.0. The number of benzene rings is 1. The molecule has 3 atom stereocenters. The van der Waals surface area contributed by atoms with E-state index in [-0.39, 0.29) is 23.3 Å². The van der Waals surface area contributed by atoms with E-state index in [1.807, 2.05) is 4.90 Å². The van der Waals surface area contributed by atoms with Crippen molar-refractivity contribution in [1.29, 1.82) is 0 Å². The highest BCUT2D eigenvalue weighted by molar-refractivity contribution is 7.88. The van der Waals surface area contributed by atoms with Crippen LogP contribution in [0.2, 0.25) is 0 Å². The van der Waals surface area contributed by atoms with Crippen LogP contribution in [0.25, 0.3) is 0 Å². The zero-order valence-corrected chi connectivity index (χ0v) is 14.8. The number of amides is 1. The van der Waals surface area contributed by atoms with Crippen molar-refractivity contribution in [2.45, 2.75) is 43.6 Å². The first-order valence-electron chi connectivity index (χ1n) is 8.73. The van der Waals surface area contributed by atoms with Crippen molar-refractivity contribution in [3.63, 3.8) is 0 Å². The highest BCUT2D eigenvalue weighted by Crippen LogP contribution is 2.60. The number of aryl methyl sites for hydroxylation is 1. The largest absolute Gasteiger partial charge is 0.341 e. The standard InChI is InChI=1S/C18H24N2O3S/c1-24(22,23)19-14-8-10-20(12-14)17(21)16-11-18(16)9-4-6-13-5-2-3-7-15(13)18/h2-3,5,7,14,16,19H,4,6,8-12H2,1H3/t14-,16-,18+/m1/s1. The van der Waals surface area contributed by atoms with Gasteiger partial charge in [0.2, 0.25) is 15.9 Å². The first kappa shape index (κ1) is 16.1. The molecule has 1 aromatic rings. The van der Waals surface area contributed by atoms with Crippen LogP contribution in [0.5, 0.6) is 0 Å². The van der Waals surface area contributed by atoms with Gasteiger partial charge in [-0.3, -0.25) is 4.79 Å². The predicted molar refractivity (Wildman–Crippen MR) is 92.1 cm³/mol. The lowest BCUT2D eigenvalue weighted by Gasteiger charge is -2.27. The van der Waals surface area contributed by atoms with E-state index in [9.17, 15) is 13.2 Å². The molecule has 4 rings (SSSR count). The Morgan fingerprint density at radius 3 is 2.92 bits per heavy atom. The average molecular weight is 348 g/mol. The Morgan fingerprint density at radius 2 is 2.12 bits per heavy atom. The number of carbonyl (C=O) groups is 1. The molecule has 1 amide bonds. The maximum absolute atomic E-state index is 13.0. The van der Waals surface area contributed by atoms with Gasteiger partial charge in [-0.2, -0.15) is 0 Å². The van der Waals surface area contributed by atoms with Gasteiger partial charge in [0.05, 0.1) is 6.26 Å². The quantitative estimate of drug-likeness (QED) is 0.899. The van der Waals surface area contributed by atoms with Crippen LogP contribution in [0.1, 0.15) is 36.8 Å². The molecule has 1 spiro atoms. The lowest BCUT2D eigenvalue weighted by Crippen LogP contribution is -2.39. The average Bonchev–Trinajstić information content (AvgIpc) is 3.05. The minimum Gasteiger partial charge on any atom is -0.341 e. The Labute approximate surface area is 143 Å². The summed E-state index contributed by atoms with van der Waals surface area (Å²) >= 11 is 0. The molecule has 5 nitrogen and oxygen atoms in total. The monoisotopic (exact) mass is 348 g/mol. The van der Waals surface area contributed by atoms with E-state index in [1.54, 1.807) is 0 Å². The Bertz CT molecular complexity index is 776. The van der Waals surface area contributed by atoms with Crippen molar-refractivity contribution in [2.24, 2.45) is 5.92 Å². The van der Waals surface area contributed by atoms with Crippen LogP contribution in [0, 0.1) is 5.92 Å². The van der Waals surface area contributed by atoms with E-state index in [0.29, 0.717) is 19.5 Å². The van der Waals surface area contributed by atoms with Gasteiger partial charge in [-0.1, -0.05) is 24.3 Å². The van der Waals surface area contributed by atoms with Gasteiger partial charge in [0.1, 0.15) is 0 Å². The molecule has 24 heavy (non-hydrogen) atoms. The third kappa shape index (κ3) is 2.75. The predicted octanol–water partition coefficient (Wildman–Crippen LogP) is 1.43. The fraction of sp³-hybridized carbons (Fsp3) is 0.611. The van der Waals surface area contributed by atoms with Gasteiger partial charge in [0.25, 0.3) is 0 Å². The van der Waals surface area contributed by atoms with Gasteiger partial charge >= 0.3 is 0 Å². The molecule has 130 valence electrons. The Balaban J connectivity index is 1.47. The van der Waals surface area contributed by atoms with Crippen molar-refractivity contribution >= 4 is 15.9 Å². The number of nitrogens with one attached hydrogen (secondary N) is 1. The molecule has 1 aromatic carbocycles. The molecule has 6 heteroatoms. The fourth-order valence-electron chi connectivity index (χ4n) is 4.74. The molecule has 0 aromatic heterocycles. The third-order valence-corrected chi connectivity index (χ3v) is 6.64. The summed E-state index contributed by atoms with van der Waals surface area (Å²) in [5, 5.41) is 0. The number of rotatable bonds is 3. The summed E-state index contributed by atoms with van der Waals surface area (Å²) in [6.45, 7) is 1.15. The summed E-state index contributed by atoms with van der Waals surface area (Å²) < 4.78 is 25.4. The number of nitrogens with zero attached hydrogens (tertiary/aromatic N) is 1. The van der Waals surface area contributed by atoms with Crippen LogP contribution < -0.4 is 4.72 Å². The molecular formula is C18H24N2O3S. The van der Waals surface area contributed by atoms with Gasteiger partial charge in [0, 0.05) is 30.5 Å². The number of fused-ring (bicyclic) bond motifs is 2. The summed E-state index contributed by atoms with van der Waals surface area (Å²) in [6, 6.07) is 8.40. The zero-order chi connectivity index (χ0) is 16.9. The summed E-state index contributed by atoms with van der Waals surface area (Å²) in [5.74, 6) is 0.292. The van der Waals surface area contributed by atoms with E-state index >= 15 is 0 Å². The molecule has 1 aliphatic heterocycles. The van der Waals surface area contributed by atoms with E-state index in [1.165, 1.54) is 17.4 Å². The number of hydrogen-bond acceptors (Lipinski definition) is 3. The number of sulfonamides is 1. The van der Waals surface area contributed by atoms with Gasteiger partial charge in [0.15, 0.2) is 0 Å².